The van der Waals surface area contributed by atoms with Gasteiger partial charge in [0.15, 0.2) is 0 Å². The molecule has 1 aliphatic rings. The molecule has 0 atom stereocenters. The fourth-order valence-electron chi connectivity index (χ4n) is 3.60. The molecule has 0 N–H and O–H groups in total. The summed E-state index contributed by atoms with van der Waals surface area (Å²) in [6.45, 7) is 5.99. The van der Waals surface area contributed by atoms with Gasteiger partial charge in [-0.25, -0.2) is 4.98 Å². The molecule has 0 unspecified atom stereocenters. The molecule has 29 heavy (non-hydrogen) atoms. The van der Waals surface area contributed by atoms with E-state index in [9.17, 15) is 0 Å². The number of nitrogens with zero attached hydrogens (tertiary/aromatic N) is 4. The van der Waals surface area contributed by atoms with Crippen LogP contribution < -0.4 is 4.74 Å². The first-order valence-electron chi connectivity index (χ1n) is 9.76. The smallest absolute Gasteiger partial charge is 0.129 e. The number of rotatable bonds is 6. The van der Waals surface area contributed by atoms with Gasteiger partial charge in [-0.2, -0.15) is 5.26 Å². The van der Waals surface area contributed by atoms with Crippen LogP contribution >= 0.6 is 11.3 Å². The maximum absolute atomic E-state index is 8.92. The molecule has 0 spiro atoms. The molecule has 0 bridgehead atoms. The van der Waals surface area contributed by atoms with Crippen molar-refractivity contribution in [2.24, 2.45) is 0 Å². The Balaban J connectivity index is 1.31. The summed E-state index contributed by atoms with van der Waals surface area (Å²) in [5.74, 6) is 0.866. The number of hydrogen-bond acceptors (Lipinski definition) is 6. The van der Waals surface area contributed by atoms with Crippen LogP contribution in [0.3, 0.4) is 0 Å². The van der Waals surface area contributed by atoms with Crippen molar-refractivity contribution in [2.75, 3.05) is 33.3 Å². The van der Waals surface area contributed by atoms with Crippen molar-refractivity contribution in [1.82, 2.24) is 14.8 Å². The summed E-state index contributed by atoms with van der Waals surface area (Å²) in [6, 6.07) is 18.1. The van der Waals surface area contributed by atoms with E-state index in [-0.39, 0.29) is 0 Å². The van der Waals surface area contributed by atoms with Gasteiger partial charge in [0, 0.05) is 44.6 Å². The van der Waals surface area contributed by atoms with Crippen molar-refractivity contribution in [1.29, 1.82) is 5.26 Å². The minimum absolute atomic E-state index is 0.717. The van der Waals surface area contributed by atoms with Crippen LogP contribution in [-0.4, -0.2) is 48.1 Å². The van der Waals surface area contributed by atoms with E-state index in [0.29, 0.717) is 5.56 Å². The van der Waals surface area contributed by atoms with Gasteiger partial charge in [-0.3, -0.25) is 9.80 Å². The number of nitriles is 1. The lowest BCUT2D eigenvalue weighted by Crippen LogP contribution is -2.45. The number of benzene rings is 2. The van der Waals surface area contributed by atoms with Crippen LogP contribution in [0.1, 0.15) is 16.8 Å². The SMILES string of the molecule is COc1ccccc1-c1nc(CN2CCN(Cc3ccc(C#N)cc3)CC2)cs1. The lowest BCUT2D eigenvalue weighted by molar-refractivity contribution is 0.121. The van der Waals surface area contributed by atoms with Gasteiger partial charge in [-0.15, -0.1) is 11.3 Å². The quantitative estimate of drug-likeness (QED) is 0.621. The second-order valence-electron chi connectivity index (χ2n) is 7.21. The molecule has 5 nitrogen and oxygen atoms in total. The van der Waals surface area contributed by atoms with Crippen LogP contribution in [0.2, 0.25) is 0 Å². The third-order valence-corrected chi connectivity index (χ3v) is 6.15. The molecule has 3 aromatic rings. The van der Waals surface area contributed by atoms with E-state index in [1.165, 1.54) is 5.56 Å². The number of hydrogen-bond donors (Lipinski definition) is 0. The number of aromatic nitrogens is 1. The standard InChI is InChI=1S/C23H24N4OS/c1-28-22-5-3-2-4-21(22)23-25-20(17-29-23)16-27-12-10-26(11-13-27)15-19-8-6-18(14-24)7-9-19/h2-9,17H,10-13,15-16H2,1H3. The average Bonchev–Trinajstić information content (AvgIpc) is 3.24. The van der Waals surface area contributed by atoms with Gasteiger partial charge < -0.3 is 4.74 Å². The number of thiazole rings is 1. The van der Waals surface area contributed by atoms with Crippen molar-refractivity contribution >= 4 is 11.3 Å². The van der Waals surface area contributed by atoms with E-state index >= 15 is 0 Å². The molecule has 0 saturated carbocycles. The van der Waals surface area contributed by atoms with E-state index in [2.05, 4.69) is 39.4 Å². The van der Waals surface area contributed by atoms with Gasteiger partial charge in [0.05, 0.1) is 30.0 Å². The molecule has 0 radical (unpaired) electrons. The highest BCUT2D eigenvalue weighted by atomic mass is 32.1. The van der Waals surface area contributed by atoms with E-state index in [1.807, 2.05) is 30.3 Å². The summed E-state index contributed by atoms with van der Waals surface area (Å²) in [7, 11) is 1.70. The first kappa shape index (κ1) is 19.6. The Labute approximate surface area is 175 Å². The van der Waals surface area contributed by atoms with Crippen molar-refractivity contribution in [3.05, 3.63) is 70.7 Å². The summed E-state index contributed by atoms with van der Waals surface area (Å²) in [5.41, 5.74) is 4.16. The van der Waals surface area contributed by atoms with Gasteiger partial charge in [-0.05, 0) is 29.8 Å². The Morgan fingerprint density at radius 1 is 1.00 bits per heavy atom. The predicted octanol–water partition coefficient (Wildman–Crippen LogP) is 4.01. The minimum atomic E-state index is 0.717. The Morgan fingerprint density at radius 2 is 1.69 bits per heavy atom. The first-order valence-corrected chi connectivity index (χ1v) is 10.6. The Hall–Kier alpha value is -2.72. The topological polar surface area (TPSA) is 52.4 Å². The molecule has 0 aliphatic carbocycles. The average molecular weight is 405 g/mol. The molecule has 2 heterocycles. The highest BCUT2D eigenvalue weighted by Crippen LogP contribution is 2.32. The largest absolute Gasteiger partial charge is 0.496 e. The fraction of sp³-hybridized carbons (Fsp3) is 0.304. The van der Waals surface area contributed by atoms with Gasteiger partial charge in [-0.1, -0.05) is 24.3 Å². The van der Waals surface area contributed by atoms with Crippen LogP contribution in [0.4, 0.5) is 0 Å². The third kappa shape index (κ3) is 4.83. The number of para-hydroxylation sites is 1. The number of ether oxygens (including phenoxy) is 1. The summed E-state index contributed by atoms with van der Waals surface area (Å²) < 4.78 is 5.47. The van der Waals surface area contributed by atoms with Crippen LogP contribution in [0.5, 0.6) is 5.75 Å². The second kappa shape index (κ2) is 9.19. The Bertz CT molecular complexity index is 985. The molecular weight excluding hydrogens is 380 g/mol. The zero-order valence-corrected chi connectivity index (χ0v) is 17.4. The lowest BCUT2D eigenvalue weighted by atomic mass is 10.1. The zero-order valence-electron chi connectivity index (χ0n) is 16.5. The highest BCUT2D eigenvalue weighted by Gasteiger charge is 2.18. The normalized spacial score (nSPS) is 15.2. The highest BCUT2D eigenvalue weighted by molar-refractivity contribution is 7.13. The zero-order chi connectivity index (χ0) is 20.1. The minimum Gasteiger partial charge on any atom is -0.496 e. The van der Waals surface area contributed by atoms with E-state index in [4.69, 9.17) is 15.0 Å². The summed E-state index contributed by atoms with van der Waals surface area (Å²) >= 11 is 1.67. The van der Waals surface area contributed by atoms with Crippen LogP contribution in [0.25, 0.3) is 10.6 Å². The molecular formula is C23H24N4OS. The van der Waals surface area contributed by atoms with E-state index in [1.54, 1.807) is 18.4 Å². The number of piperazine rings is 1. The lowest BCUT2D eigenvalue weighted by Gasteiger charge is -2.34. The number of methoxy groups -OCH3 is 1. The molecule has 1 fully saturated rings. The maximum atomic E-state index is 8.92. The molecule has 6 heteroatoms. The van der Waals surface area contributed by atoms with Gasteiger partial charge in [0.1, 0.15) is 10.8 Å². The van der Waals surface area contributed by atoms with E-state index < -0.39 is 0 Å². The molecule has 1 saturated heterocycles. The molecule has 1 aromatic heterocycles. The summed E-state index contributed by atoms with van der Waals surface area (Å²) in [5, 5.41) is 12.1. The van der Waals surface area contributed by atoms with Crippen molar-refractivity contribution in [3.63, 3.8) is 0 Å². The van der Waals surface area contributed by atoms with Crippen LogP contribution in [-0.2, 0) is 13.1 Å². The van der Waals surface area contributed by atoms with Gasteiger partial charge in [0.25, 0.3) is 0 Å². The molecule has 0 amide bonds. The third-order valence-electron chi connectivity index (χ3n) is 5.23. The summed E-state index contributed by atoms with van der Waals surface area (Å²) in [6.07, 6.45) is 0. The Kier molecular flexibility index (Phi) is 6.20. The van der Waals surface area contributed by atoms with Crippen molar-refractivity contribution < 1.29 is 4.74 Å². The van der Waals surface area contributed by atoms with Crippen LogP contribution in [0, 0.1) is 11.3 Å². The second-order valence-corrected chi connectivity index (χ2v) is 8.06. The van der Waals surface area contributed by atoms with Crippen molar-refractivity contribution in [2.45, 2.75) is 13.1 Å². The van der Waals surface area contributed by atoms with Crippen LogP contribution in [0.15, 0.2) is 53.9 Å². The van der Waals surface area contributed by atoms with Gasteiger partial charge >= 0.3 is 0 Å². The van der Waals surface area contributed by atoms with Crippen molar-refractivity contribution in [3.8, 4) is 22.4 Å². The monoisotopic (exact) mass is 404 g/mol. The summed E-state index contributed by atoms with van der Waals surface area (Å²) in [4.78, 5) is 9.78. The fourth-order valence-corrected chi connectivity index (χ4v) is 4.44. The molecule has 148 valence electrons. The van der Waals surface area contributed by atoms with Gasteiger partial charge in [0.2, 0.25) is 0 Å². The Morgan fingerprint density at radius 3 is 2.38 bits per heavy atom. The first-order chi connectivity index (χ1) is 14.2. The predicted molar refractivity (Wildman–Crippen MR) is 116 cm³/mol. The maximum Gasteiger partial charge on any atom is 0.129 e. The van der Waals surface area contributed by atoms with E-state index in [0.717, 1.165) is 61.3 Å². The molecule has 2 aromatic carbocycles. The molecule has 1 aliphatic heterocycles. The molecule has 4 rings (SSSR count).